The first-order valence-electron chi connectivity index (χ1n) is 7.97. The maximum absolute atomic E-state index is 12.3. The van der Waals surface area contributed by atoms with Gasteiger partial charge in [-0.25, -0.2) is 15.0 Å². The highest BCUT2D eigenvalue weighted by atomic mass is 32.1. The van der Waals surface area contributed by atoms with Crippen molar-refractivity contribution < 1.29 is 4.79 Å². The number of amides is 1. The van der Waals surface area contributed by atoms with Crippen molar-refractivity contribution in [3.8, 4) is 10.8 Å². The van der Waals surface area contributed by atoms with Crippen molar-refractivity contribution in [2.24, 2.45) is 17.8 Å². The van der Waals surface area contributed by atoms with Gasteiger partial charge in [0.05, 0.1) is 5.69 Å². The molecule has 1 amide bonds. The van der Waals surface area contributed by atoms with E-state index in [4.69, 9.17) is 0 Å². The van der Waals surface area contributed by atoms with E-state index in [1.165, 1.54) is 11.3 Å². The zero-order valence-electron chi connectivity index (χ0n) is 12.7. The lowest BCUT2D eigenvalue weighted by Crippen LogP contribution is -2.34. The SMILES string of the molecule is O=C(NCCc1csc(-c2ncccn2)n1)[C@@H]1C[C@H]2C=C[C@@H]1C2. The van der Waals surface area contributed by atoms with Gasteiger partial charge >= 0.3 is 0 Å². The van der Waals surface area contributed by atoms with Gasteiger partial charge in [0.25, 0.3) is 0 Å². The lowest BCUT2D eigenvalue weighted by molar-refractivity contribution is -0.125. The van der Waals surface area contributed by atoms with Gasteiger partial charge in [-0.15, -0.1) is 11.3 Å². The number of carbonyl (C=O) groups is 1. The summed E-state index contributed by atoms with van der Waals surface area (Å²) < 4.78 is 0. The van der Waals surface area contributed by atoms with Gasteiger partial charge in [0.1, 0.15) is 0 Å². The minimum atomic E-state index is 0.175. The minimum absolute atomic E-state index is 0.175. The van der Waals surface area contributed by atoms with Gasteiger partial charge in [-0.2, -0.15) is 0 Å². The second-order valence-corrected chi connectivity index (χ2v) is 7.00. The third kappa shape index (κ3) is 3.03. The molecule has 0 aliphatic heterocycles. The predicted octanol–water partition coefficient (Wildman–Crippen LogP) is 2.47. The summed E-state index contributed by atoms with van der Waals surface area (Å²) in [4.78, 5) is 25.2. The number of hydrogen-bond donors (Lipinski definition) is 1. The lowest BCUT2D eigenvalue weighted by Gasteiger charge is -2.17. The molecule has 0 aromatic carbocycles. The number of thiazole rings is 1. The van der Waals surface area contributed by atoms with E-state index in [9.17, 15) is 4.79 Å². The summed E-state index contributed by atoms with van der Waals surface area (Å²) in [6, 6.07) is 1.79. The standard InChI is InChI=1S/C17H18N4OS/c22-16(14-9-11-2-3-12(14)8-11)20-7-4-13-10-23-17(21-13)15-18-5-1-6-19-15/h1-3,5-6,10-12,14H,4,7-9H2,(H,20,22)/t11-,12+,14+/m0/s1. The second-order valence-electron chi connectivity index (χ2n) is 6.14. The van der Waals surface area contributed by atoms with Gasteiger partial charge in [0, 0.05) is 36.7 Å². The predicted molar refractivity (Wildman–Crippen MR) is 88.7 cm³/mol. The van der Waals surface area contributed by atoms with Crippen molar-refractivity contribution >= 4 is 17.2 Å². The number of nitrogens with zero attached hydrogens (tertiary/aromatic N) is 3. The van der Waals surface area contributed by atoms with Crippen molar-refractivity contribution in [1.82, 2.24) is 20.3 Å². The molecule has 2 aliphatic rings. The number of aromatic nitrogens is 3. The fourth-order valence-corrected chi connectivity index (χ4v) is 4.26. The molecule has 3 atom stereocenters. The van der Waals surface area contributed by atoms with Gasteiger partial charge in [-0.3, -0.25) is 4.79 Å². The summed E-state index contributed by atoms with van der Waals surface area (Å²) >= 11 is 1.54. The molecule has 0 radical (unpaired) electrons. The molecule has 4 rings (SSSR count). The number of nitrogens with one attached hydrogen (secondary N) is 1. The summed E-state index contributed by atoms with van der Waals surface area (Å²) in [5.41, 5.74) is 0.977. The van der Waals surface area contributed by atoms with E-state index in [2.05, 4.69) is 32.4 Å². The van der Waals surface area contributed by atoms with E-state index in [1.54, 1.807) is 18.5 Å². The highest BCUT2D eigenvalue weighted by Crippen LogP contribution is 2.43. The average molecular weight is 326 g/mol. The van der Waals surface area contributed by atoms with Gasteiger partial charge in [0.2, 0.25) is 5.91 Å². The first-order valence-corrected chi connectivity index (χ1v) is 8.85. The van der Waals surface area contributed by atoms with E-state index in [0.717, 1.165) is 30.0 Å². The zero-order chi connectivity index (χ0) is 15.6. The first-order chi connectivity index (χ1) is 11.3. The Morgan fingerprint density at radius 2 is 2.13 bits per heavy atom. The molecular weight excluding hydrogens is 308 g/mol. The van der Waals surface area contributed by atoms with Gasteiger partial charge in [-0.05, 0) is 30.7 Å². The van der Waals surface area contributed by atoms with Crippen LogP contribution in [0.25, 0.3) is 10.8 Å². The van der Waals surface area contributed by atoms with E-state index in [1.807, 2.05) is 5.38 Å². The smallest absolute Gasteiger partial charge is 0.223 e. The Morgan fingerprint density at radius 3 is 2.87 bits per heavy atom. The first kappa shape index (κ1) is 14.5. The van der Waals surface area contributed by atoms with Gasteiger partial charge < -0.3 is 5.32 Å². The molecule has 5 nitrogen and oxygen atoms in total. The van der Waals surface area contributed by atoms with Crippen LogP contribution in [-0.2, 0) is 11.2 Å². The van der Waals surface area contributed by atoms with Crippen molar-refractivity contribution in [2.75, 3.05) is 6.54 Å². The fraction of sp³-hybridized carbons (Fsp3) is 0.412. The number of carbonyl (C=O) groups excluding carboxylic acids is 1. The van der Waals surface area contributed by atoms with Crippen LogP contribution in [0.4, 0.5) is 0 Å². The molecule has 2 aliphatic carbocycles. The Bertz CT molecular complexity index is 727. The Labute approximate surface area is 138 Å². The van der Waals surface area contributed by atoms with Crippen LogP contribution < -0.4 is 5.32 Å². The highest BCUT2D eigenvalue weighted by Gasteiger charge is 2.39. The van der Waals surface area contributed by atoms with Crippen LogP contribution in [0, 0.1) is 17.8 Å². The van der Waals surface area contributed by atoms with Crippen LogP contribution >= 0.6 is 11.3 Å². The third-order valence-electron chi connectivity index (χ3n) is 4.60. The van der Waals surface area contributed by atoms with Crippen molar-refractivity contribution in [3.63, 3.8) is 0 Å². The van der Waals surface area contributed by atoms with Crippen LogP contribution in [0.15, 0.2) is 36.0 Å². The monoisotopic (exact) mass is 326 g/mol. The third-order valence-corrected chi connectivity index (χ3v) is 5.49. The van der Waals surface area contributed by atoms with Crippen LogP contribution in [-0.4, -0.2) is 27.4 Å². The summed E-state index contributed by atoms with van der Waals surface area (Å²) in [6.07, 6.45) is 10.8. The maximum Gasteiger partial charge on any atom is 0.223 e. The molecular formula is C17H18N4OS. The topological polar surface area (TPSA) is 67.8 Å². The van der Waals surface area contributed by atoms with Crippen LogP contribution in [0.3, 0.4) is 0 Å². The summed E-state index contributed by atoms with van der Waals surface area (Å²) in [7, 11) is 0. The Morgan fingerprint density at radius 1 is 1.26 bits per heavy atom. The summed E-state index contributed by atoms with van der Waals surface area (Å²) in [6.45, 7) is 0.634. The molecule has 118 valence electrons. The highest BCUT2D eigenvalue weighted by molar-refractivity contribution is 7.13. The van der Waals surface area contributed by atoms with Crippen molar-refractivity contribution in [1.29, 1.82) is 0 Å². The normalized spacial score (nSPS) is 25.0. The average Bonchev–Trinajstić information content (AvgIpc) is 3.32. The molecule has 0 spiro atoms. The maximum atomic E-state index is 12.3. The Balaban J connectivity index is 1.29. The molecule has 1 N–H and O–H groups in total. The summed E-state index contributed by atoms with van der Waals surface area (Å²) in [5.74, 6) is 2.11. The molecule has 1 fully saturated rings. The second kappa shape index (κ2) is 6.20. The molecule has 1 saturated carbocycles. The molecule has 2 aromatic heterocycles. The van der Waals surface area contributed by atoms with Crippen LogP contribution in [0.1, 0.15) is 18.5 Å². The number of rotatable bonds is 5. The van der Waals surface area contributed by atoms with Gasteiger partial charge in [0.15, 0.2) is 10.8 Å². The van der Waals surface area contributed by atoms with E-state index >= 15 is 0 Å². The van der Waals surface area contributed by atoms with Crippen molar-refractivity contribution in [3.05, 3.63) is 41.7 Å². The van der Waals surface area contributed by atoms with E-state index in [0.29, 0.717) is 24.2 Å². The summed E-state index contributed by atoms with van der Waals surface area (Å²) in [5, 5.41) is 5.90. The van der Waals surface area contributed by atoms with E-state index in [-0.39, 0.29) is 11.8 Å². The molecule has 23 heavy (non-hydrogen) atoms. The molecule has 2 aromatic rings. The number of fused-ring (bicyclic) bond motifs is 2. The quantitative estimate of drug-likeness (QED) is 0.857. The molecule has 2 heterocycles. The van der Waals surface area contributed by atoms with E-state index < -0.39 is 0 Å². The molecule has 0 saturated heterocycles. The van der Waals surface area contributed by atoms with Crippen LogP contribution in [0.5, 0.6) is 0 Å². The molecule has 0 unspecified atom stereocenters. The van der Waals surface area contributed by atoms with Crippen LogP contribution in [0.2, 0.25) is 0 Å². The zero-order valence-corrected chi connectivity index (χ0v) is 13.5. The Kier molecular flexibility index (Phi) is 3.91. The molecule has 6 heteroatoms. The lowest BCUT2D eigenvalue weighted by atomic mass is 9.93. The fourth-order valence-electron chi connectivity index (χ4n) is 3.46. The minimum Gasteiger partial charge on any atom is -0.355 e. The van der Waals surface area contributed by atoms with Gasteiger partial charge in [-0.1, -0.05) is 12.2 Å². The van der Waals surface area contributed by atoms with Crippen molar-refractivity contribution in [2.45, 2.75) is 19.3 Å². The largest absolute Gasteiger partial charge is 0.355 e. The number of hydrogen-bond acceptors (Lipinski definition) is 5. The molecule has 2 bridgehead atoms. The number of allylic oxidation sites excluding steroid dienone is 2. The Hall–Kier alpha value is -2.08.